The average molecular weight is 253 g/mol. The molecule has 1 saturated heterocycles. The highest BCUT2D eigenvalue weighted by Crippen LogP contribution is 2.28. The molecule has 1 heterocycles. The van der Waals surface area contributed by atoms with E-state index in [2.05, 4.69) is 10.2 Å². The molecule has 1 aromatic rings. The molecule has 17 heavy (non-hydrogen) atoms. The molecule has 2 rings (SSSR count). The number of benzene rings is 1. The van der Waals surface area contributed by atoms with E-state index in [9.17, 15) is 4.79 Å². The van der Waals surface area contributed by atoms with Crippen LogP contribution < -0.4 is 10.2 Å². The number of hydrogen-bond donors (Lipinski definition) is 1. The van der Waals surface area contributed by atoms with Gasteiger partial charge < -0.3 is 10.2 Å². The van der Waals surface area contributed by atoms with E-state index in [0.717, 1.165) is 24.5 Å². The fraction of sp³-hybridized carbons (Fsp3) is 0.462. The second kappa shape index (κ2) is 5.41. The average Bonchev–Trinajstić information content (AvgIpc) is 2.83. The molecule has 1 N–H and O–H groups in total. The summed E-state index contributed by atoms with van der Waals surface area (Å²) in [6, 6.07) is 7.88. The monoisotopic (exact) mass is 252 g/mol. The van der Waals surface area contributed by atoms with Gasteiger partial charge in [0.1, 0.15) is 5.38 Å². The standard InChI is InChI=1S/C13H17ClN2O/c1-10(14)13(17)15-11-6-2-3-7-12(11)16-8-4-5-9-16/h2-3,6-7,10H,4-5,8-9H2,1H3,(H,15,17)/t10-/m1/s1. The van der Waals surface area contributed by atoms with Crippen LogP contribution in [-0.4, -0.2) is 24.4 Å². The van der Waals surface area contributed by atoms with Gasteiger partial charge in [-0.05, 0) is 31.9 Å². The lowest BCUT2D eigenvalue weighted by Crippen LogP contribution is -2.24. The topological polar surface area (TPSA) is 32.3 Å². The molecule has 0 saturated carbocycles. The van der Waals surface area contributed by atoms with Gasteiger partial charge in [-0.2, -0.15) is 0 Å². The molecular weight excluding hydrogens is 236 g/mol. The van der Waals surface area contributed by atoms with Gasteiger partial charge in [0.25, 0.3) is 0 Å². The van der Waals surface area contributed by atoms with Crippen LogP contribution in [0.3, 0.4) is 0 Å². The molecule has 0 spiro atoms. The minimum absolute atomic E-state index is 0.154. The summed E-state index contributed by atoms with van der Waals surface area (Å²) in [5, 5.41) is 2.36. The molecule has 4 heteroatoms. The highest BCUT2D eigenvalue weighted by atomic mass is 35.5. The van der Waals surface area contributed by atoms with Crippen molar-refractivity contribution in [2.24, 2.45) is 0 Å². The number of halogens is 1. The maximum Gasteiger partial charge on any atom is 0.242 e. The van der Waals surface area contributed by atoms with Gasteiger partial charge >= 0.3 is 0 Å². The second-order valence-electron chi connectivity index (χ2n) is 4.32. The summed E-state index contributed by atoms with van der Waals surface area (Å²) in [5.41, 5.74) is 1.95. The number of carbonyl (C=O) groups is 1. The number of anilines is 2. The maximum absolute atomic E-state index is 11.6. The van der Waals surface area contributed by atoms with Crippen molar-refractivity contribution in [3.63, 3.8) is 0 Å². The summed E-state index contributed by atoms with van der Waals surface area (Å²) in [7, 11) is 0. The number of hydrogen-bond acceptors (Lipinski definition) is 2. The van der Waals surface area contributed by atoms with Gasteiger partial charge in [0.15, 0.2) is 0 Å². The second-order valence-corrected chi connectivity index (χ2v) is 4.97. The number of nitrogens with zero attached hydrogens (tertiary/aromatic N) is 1. The Morgan fingerprint density at radius 3 is 2.65 bits per heavy atom. The molecule has 0 aliphatic carbocycles. The van der Waals surface area contributed by atoms with Crippen molar-refractivity contribution in [1.82, 2.24) is 0 Å². The van der Waals surface area contributed by atoms with Crippen molar-refractivity contribution in [1.29, 1.82) is 0 Å². The first-order valence-corrected chi connectivity index (χ1v) is 6.41. The third-order valence-corrected chi connectivity index (χ3v) is 3.17. The molecule has 3 nitrogen and oxygen atoms in total. The summed E-state index contributed by atoms with van der Waals surface area (Å²) < 4.78 is 0. The normalized spacial score (nSPS) is 16.9. The summed E-state index contributed by atoms with van der Waals surface area (Å²) in [4.78, 5) is 13.9. The van der Waals surface area contributed by atoms with Gasteiger partial charge in [0.2, 0.25) is 5.91 Å². The van der Waals surface area contributed by atoms with Crippen LogP contribution in [0.25, 0.3) is 0 Å². The highest BCUT2D eigenvalue weighted by molar-refractivity contribution is 6.32. The summed E-state index contributed by atoms with van der Waals surface area (Å²) in [5.74, 6) is -0.154. The molecule has 1 amide bonds. The van der Waals surface area contributed by atoms with Crippen molar-refractivity contribution in [2.45, 2.75) is 25.1 Å². The van der Waals surface area contributed by atoms with E-state index in [1.165, 1.54) is 12.8 Å². The Morgan fingerprint density at radius 1 is 1.35 bits per heavy atom. The summed E-state index contributed by atoms with van der Waals surface area (Å²) in [6.45, 7) is 3.79. The molecule has 1 fully saturated rings. The van der Waals surface area contributed by atoms with Gasteiger partial charge in [-0.25, -0.2) is 0 Å². The Hall–Kier alpha value is -1.22. The Bertz CT molecular complexity index is 400. The molecule has 92 valence electrons. The number of rotatable bonds is 3. The largest absolute Gasteiger partial charge is 0.370 e. The van der Waals surface area contributed by atoms with E-state index in [-0.39, 0.29) is 5.91 Å². The number of alkyl halides is 1. The number of para-hydroxylation sites is 2. The van der Waals surface area contributed by atoms with Crippen LogP contribution in [0, 0.1) is 0 Å². The molecule has 0 bridgehead atoms. The number of nitrogens with one attached hydrogen (secondary N) is 1. The lowest BCUT2D eigenvalue weighted by molar-refractivity contribution is -0.115. The zero-order valence-electron chi connectivity index (χ0n) is 9.95. The van der Waals surface area contributed by atoms with Gasteiger partial charge in [0.05, 0.1) is 11.4 Å². The van der Waals surface area contributed by atoms with E-state index in [1.54, 1.807) is 6.92 Å². The Labute approximate surface area is 107 Å². The molecule has 0 unspecified atom stereocenters. The molecule has 0 aromatic heterocycles. The molecule has 1 atom stereocenters. The summed E-state index contributed by atoms with van der Waals surface area (Å²) >= 11 is 5.76. The maximum atomic E-state index is 11.6. The van der Waals surface area contributed by atoms with Crippen LogP contribution in [0.5, 0.6) is 0 Å². The first-order valence-electron chi connectivity index (χ1n) is 5.97. The molecule has 0 radical (unpaired) electrons. The van der Waals surface area contributed by atoms with Gasteiger partial charge in [-0.15, -0.1) is 11.6 Å². The highest BCUT2D eigenvalue weighted by Gasteiger charge is 2.17. The summed E-state index contributed by atoms with van der Waals surface area (Å²) in [6.07, 6.45) is 2.43. The van der Waals surface area contributed by atoms with Gasteiger partial charge in [-0.1, -0.05) is 12.1 Å². The molecule has 1 aliphatic rings. The van der Waals surface area contributed by atoms with E-state index in [0.29, 0.717) is 0 Å². The minimum Gasteiger partial charge on any atom is -0.370 e. The van der Waals surface area contributed by atoms with E-state index in [1.807, 2.05) is 24.3 Å². The Balaban J connectivity index is 2.18. The van der Waals surface area contributed by atoms with Crippen LogP contribution in [0.2, 0.25) is 0 Å². The molecule has 1 aliphatic heterocycles. The number of carbonyl (C=O) groups excluding carboxylic acids is 1. The van der Waals surface area contributed by atoms with Crippen LogP contribution in [-0.2, 0) is 4.79 Å². The molecular formula is C13H17ClN2O. The Kier molecular flexibility index (Phi) is 3.89. The van der Waals surface area contributed by atoms with Crippen molar-refractivity contribution in [2.75, 3.05) is 23.3 Å². The zero-order chi connectivity index (χ0) is 12.3. The third kappa shape index (κ3) is 2.91. The van der Waals surface area contributed by atoms with E-state index in [4.69, 9.17) is 11.6 Å². The minimum atomic E-state index is -0.512. The third-order valence-electron chi connectivity index (χ3n) is 2.97. The van der Waals surface area contributed by atoms with Gasteiger partial charge in [-0.3, -0.25) is 4.79 Å². The van der Waals surface area contributed by atoms with Gasteiger partial charge in [0, 0.05) is 13.1 Å². The van der Waals surface area contributed by atoms with E-state index >= 15 is 0 Å². The van der Waals surface area contributed by atoms with Crippen LogP contribution >= 0.6 is 11.6 Å². The lowest BCUT2D eigenvalue weighted by atomic mass is 10.2. The van der Waals surface area contributed by atoms with Crippen LogP contribution in [0.4, 0.5) is 11.4 Å². The zero-order valence-corrected chi connectivity index (χ0v) is 10.7. The van der Waals surface area contributed by atoms with Crippen molar-refractivity contribution < 1.29 is 4.79 Å². The fourth-order valence-electron chi connectivity index (χ4n) is 2.05. The van der Waals surface area contributed by atoms with E-state index < -0.39 is 5.38 Å². The first kappa shape index (κ1) is 12.2. The van der Waals surface area contributed by atoms with Crippen molar-refractivity contribution in [3.8, 4) is 0 Å². The van der Waals surface area contributed by atoms with Crippen LogP contribution in [0.1, 0.15) is 19.8 Å². The predicted octanol–water partition coefficient (Wildman–Crippen LogP) is 2.85. The smallest absolute Gasteiger partial charge is 0.242 e. The SMILES string of the molecule is C[C@@H](Cl)C(=O)Nc1ccccc1N1CCCC1. The molecule has 1 aromatic carbocycles. The quantitative estimate of drug-likeness (QED) is 0.839. The number of amides is 1. The van der Waals surface area contributed by atoms with Crippen molar-refractivity contribution >= 4 is 28.9 Å². The lowest BCUT2D eigenvalue weighted by Gasteiger charge is -2.21. The van der Waals surface area contributed by atoms with Crippen LogP contribution in [0.15, 0.2) is 24.3 Å². The first-order chi connectivity index (χ1) is 8.18. The predicted molar refractivity (Wildman–Crippen MR) is 71.8 cm³/mol. The fourth-order valence-corrected chi connectivity index (χ4v) is 2.10. The van der Waals surface area contributed by atoms with Crippen molar-refractivity contribution in [3.05, 3.63) is 24.3 Å². The Morgan fingerprint density at radius 2 is 2.00 bits per heavy atom.